The highest BCUT2D eigenvalue weighted by Crippen LogP contribution is 2.44. The lowest BCUT2D eigenvalue weighted by molar-refractivity contribution is 0.00321. The molecule has 1 saturated carbocycles. The molecule has 2 heteroatoms. The largest absolute Gasteiger partial charge is 0.396 e. The molecule has 1 aliphatic rings. The predicted octanol–water partition coefficient (Wildman–Crippen LogP) is 4.62. The van der Waals surface area contributed by atoms with Gasteiger partial charge in [0.1, 0.15) is 5.60 Å². The van der Waals surface area contributed by atoms with Crippen LogP contribution < -0.4 is 0 Å². The van der Waals surface area contributed by atoms with E-state index in [1.165, 1.54) is 0 Å². The zero-order valence-electron chi connectivity index (χ0n) is 14.8. The average Bonchev–Trinajstić information content (AvgIpc) is 3.50. The van der Waals surface area contributed by atoms with Crippen LogP contribution in [0.4, 0.5) is 0 Å². The van der Waals surface area contributed by atoms with Gasteiger partial charge in [-0.15, -0.1) is 0 Å². The van der Waals surface area contributed by atoms with E-state index < -0.39 is 5.60 Å². The van der Waals surface area contributed by atoms with Crippen LogP contribution in [0.2, 0.25) is 0 Å². The molecule has 3 aromatic rings. The first-order chi connectivity index (χ1) is 12.8. The molecule has 0 unspecified atom stereocenters. The van der Waals surface area contributed by atoms with Gasteiger partial charge in [-0.2, -0.15) is 0 Å². The first-order valence-electron chi connectivity index (χ1n) is 9.26. The highest BCUT2D eigenvalue weighted by Gasteiger charge is 2.42. The van der Waals surface area contributed by atoms with Crippen LogP contribution in [0.5, 0.6) is 0 Å². The lowest BCUT2D eigenvalue weighted by atomic mass is 9.80. The summed E-state index contributed by atoms with van der Waals surface area (Å²) in [5, 5.41) is 9.40. The monoisotopic (exact) mass is 344 g/mol. The molecule has 0 aliphatic heterocycles. The molecule has 0 aromatic heterocycles. The minimum atomic E-state index is -0.646. The smallest absolute Gasteiger partial charge is 0.143 e. The number of aliphatic hydroxyl groups excluding tert-OH is 1. The van der Waals surface area contributed by atoms with E-state index in [0.717, 1.165) is 23.1 Å². The van der Waals surface area contributed by atoms with Crippen molar-refractivity contribution in [2.45, 2.75) is 12.0 Å². The molecule has 0 spiro atoms. The lowest BCUT2D eigenvalue weighted by Gasteiger charge is -2.36. The van der Waals surface area contributed by atoms with E-state index >= 15 is 0 Å². The Morgan fingerprint density at radius 3 is 1.46 bits per heavy atom. The fourth-order valence-electron chi connectivity index (χ4n) is 3.74. The number of hydrogen-bond acceptors (Lipinski definition) is 2. The topological polar surface area (TPSA) is 29.5 Å². The molecular weight excluding hydrogens is 320 g/mol. The van der Waals surface area contributed by atoms with Gasteiger partial charge in [0.05, 0.1) is 6.61 Å². The quantitative estimate of drug-likeness (QED) is 0.634. The van der Waals surface area contributed by atoms with Crippen molar-refractivity contribution in [2.24, 2.45) is 11.8 Å². The summed E-state index contributed by atoms with van der Waals surface area (Å²) in [5.41, 5.74) is 2.72. The first kappa shape index (κ1) is 17.0. The van der Waals surface area contributed by atoms with Gasteiger partial charge in [-0.05, 0) is 34.9 Å². The molecule has 3 aromatic carbocycles. The maximum atomic E-state index is 9.40. The van der Waals surface area contributed by atoms with Crippen molar-refractivity contribution >= 4 is 0 Å². The van der Waals surface area contributed by atoms with Gasteiger partial charge in [-0.3, -0.25) is 0 Å². The summed E-state index contributed by atoms with van der Waals surface area (Å²) in [7, 11) is 0. The molecule has 4 rings (SSSR count). The van der Waals surface area contributed by atoms with Crippen LogP contribution >= 0.6 is 0 Å². The predicted molar refractivity (Wildman–Crippen MR) is 104 cm³/mol. The van der Waals surface area contributed by atoms with E-state index in [-0.39, 0.29) is 6.61 Å². The summed E-state index contributed by atoms with van der Waals surface area (Å²) in [6.45, 7) is 0.896. The van der Waals surface area contributed by atoms with Crippen LogP contribution in [0.1, 0.15) is 23.1 Å². The van der Waals surface area contributed by atoms with Crippen molar-refractivity contribution in [3.63, 3.8) is 0 Å². The number of benzene rings is 3. The third kappa shape index (κ3) is 3.18. The van der Waals surface area contributed by atoms with Crippen molar-refractivity contribution in [2.75, 3.05) is 13.2 Å². The zero-order valence-corrected chi connectivity index (χ0v) is 14.8. The van der Waals surface area contributed by atoms with Crippen LogP contribution in [-0.4, -0.2) is 18.3 Å². The van der Waals surface area contributed by atoms with E-state index in [1.807, 2.05) is 18.2 Å². The second-order valence-electron chi connectivity index (χ2n) is 7.03. The molecule has 0 amide bonds. The van der Waals surface area contributed by atoms with Crippen molar-refractivity contribution in [1.82, 2.24) is 0 Å². The van der Waals surface area contributed by atoms with Gasteiger partial charge in [0.15, 0.2) is 0 Å². The minimum absolute atomic E-state index is 0.253. The lowest BCUT2D eigenvalue weighted by Crippen LogP contribution is -2.33. The summed E-state index contributed by atoms with van der Waals surface area (Å²) >= 11 is 0. The SMILES string of the molecule is OC[C@H]1C[C@H]1COC(c1ccccc1)(c1ccccc1)c1ccccc1. The highest BCUT2D eigenvalue weighted by atomic mass is 16.5. The van der Waals surface area contributed by atoms with Crippen molar-refractivity contribution < 1.29 is 9.84 Å². The summed E-state index contributed by atoms with van der Waals surface area (Å²) in [5.74, 6) is 0.825. The second kappa shape index (κ2) is 7.45. The molecule has 0 saturated heterocycles. The Morgan fingerprint density at radius 1 is 0.692 bits per heavy atom. The Kier molecular flexibility index (Phi) is 4.87. The third-order valence-corrected chi connectivity index (χ3v) is 5.36. The molecule has 1 aliphatic carbocycles. The zero-order chi connectivity index (χ0) is 17.8. The van der Waals surface area contributed by atoms with Gasteiger partial charge in [-0.25, -0.2) is 0 Å². The second-order valence-corrected chi connectivity index (χ2v) is 7.03. The van der Waals surface area contributed by atoms with Crippen LogP contribution in [-0.2, 0) is 10.3 Å². The standard InChI is InChI=1S/C24H24O2/c25-17-19-16-20(19)18-26-24(21-10-4-1-5-11-21,22-12-6-2-7-13-22)23-14-8-3-9-15-23/h1-15,19-20,25H,16-18H2/t19-,20+/m1/s1. The van der Waals surface area contributed by atoms with Crippen molar-refractivity contribution in [3.05, 3.63) is 108 Å². The van der Waals surface area contributed by atoms with Crippen LogP contribution in [0, 0.1) is 11.8 Å². The third-order valence-electron chi connectivity index (χ3n) is 5.36. The van der Waals surface area contributed by atoms with Crippen LogP contribution in [0.3, 0.4) is 0 Å². The van der Waals surface area contributed by atoms with Gasteiger partial charge >= 0.3 is 0 Å². The van der Waals surface area contributed by atoms with Crippen LogP contribution in [0.15, 0.2) is 91.0 Å². The van der Waals surface area contributed by atoms with Gasteiger partial charge < -0.3 is 9.84 Å². The first-order valence-corrected chi connectivity index (χ1v) is 9.26. The van der Waals surface area contributed by atoms with E-state index in [0.29, 0.717) is 18.4 Å². The molecule has 0 radical (unpaired) electrons. The molecule has 0 bridgehead atoms. The van der Waals surface area contributed by atoms with Gasteiger partial charge in [0.2, 0.25) is 0 Å². The molecule has 132 valence electrons. The number of ether oxygens (including phenoxy) is 1. The summed E-state index contributed by atoms with van der Waals surface area (Å²) in [4.78, 5) is 0. The molecule has 0 heterocycles. The van der Waals surface area contributed by atoms with E-state index in [9.17, 15) is 5.11 Å². The van der Waals surface area contributed by atoms with E-state index in [1.54, 1.807) is 0 Å². The Morgan fingerprint density at radius 2 is 1.12 bits per heavy atom. The average molecular weight is 344 g/mol. The molecule has 2 nitrogen and oxygen atoms in total. The molecule has 1 N–H and O–H groups in total. The van der Waals surface area contributed by atoms with Gasteiger partial charge in [0, 0.05) is 6.61 Å². The minimum Gasteiger partial charge on any atom is -0.396 e. The van der Waals surface area contributed by atoms with E-state index in [2.05, 4.69) is 72.8 Å². The molecule has 26 heavy (non-hydrogen) atoms. The van der Waals surface area contributed by atoms with Gasteiger partial charge in [0.25, 0.3) is 0 Å². The molecule has 1 fully saturated rings. The Hall–Kier alpha value is -2.42. The fourth-order valence-corrected chi connectivity index (χ4v) is 3.74. The normalized spacial score (nSPS) is 19.3. The van der Waals surface area contributed by atoms with Gasteiger partial charge in [-0.1, -0.05) is 91.0 Å². The number of hydrogen-bond donors (Lipinski definition) is 1. The maximum absolute atomic E-state index is 9.40. The summed E-state index contributed by atoms with van der Waals surface area (Å²) < 4.78 is 6.73. The number of aliphatic hydroxyl groups is 1. The highest BCUT2D eigenvalue weighted by molar-refractivity contribution is 5.47. The maximum Gasteiger partial charge on any atom is 0.143 e. The Labute approximate surface area is 155 Å². The fraction of sp³-hybridized carbons (Fsp3) is 0.250. The summed E-state index contributed by atoms with van der Waals surface area (Å²) in [6, 6.07) is 31.3. The molecular formula is C24H24O2. The number of rotatable bonds is 7. The van der Waals surface area contributed by atoms with Crippen molar-refractivity contribution in [1.29, 1.82) is 0 Å². The van der Waals surface area contributed by atoms with Crippen LogP contribution in [0.25, 0.3) is 0 Å². The van der Waals surface area contributed by atoms with Crippen molar-refractivity contribution in [3.8, 4) is 0 Å². The molecule has 2 atom stereocenters. The van der Waals surface area contributed by atoms with E-state index in [4.69, 9.17) is 4.74 Å². The summed E-state index contributed by atoms with van der Waals surface area (Å²) in [6.07, 6.45) is 1.05. The Balaban J connectivity index is 1.83. The Bertz CT molecular complexity index is 718.